The van der Waals surface area contributed by atoms with Crippen LogP contribution in [-0.2, 0) is 9.53 Å². The molecule has 1 unspecified atom stereocenters. The maximum atomic E-state index is 13.6. The zero-order valence-corrected chi connectivity index (χ0v) is 19.2. The number of rotatable bonds is 5. The molecule has 1 aromatic heterocycles. The third-order valence-electron chi connectivity index (χ3n) is 5.61. The molecular weight excluding hydrogens is 505 g/mol. The minimum absolute atomic E-state index is 0.0683. The molecule has 7 nitrogen and oxygen atoms in total. The summed E-state index contributed by atoms with van der Waals surface area (Å²) < 4.78 is 22.4. The zero-order chi connectivity index (χ0) is 23.8. The van der Waals surface area contributed by atoms with Crippen molar-refractivity contribution in [3.05, 3.63) is 111 Å². The molecule has 0 bridgehead atoms. The van der Waals surface area contributed by atoms with Crippen LogP contribution in [0.2, 0.25) is 0 Å². The number of nitrogens with zero attached hydrogens (tertiary/aromatic N) is 3. The van der Waals surface area contributed by atoms with E-state index in [0.29, 0.717) is 11.3 Å². The molecule has 1 amide bonds. The molecular formula is C25H17BrFN3O4. The quantitative estimate of drug-likeness (QED) is 0.238. The minimum Gasteiger partial charge on any atom is -0.344 e. The van der Waals surface area contributed by atoms with Gasteiger partial charge in [0.1, 0.15) is 12.4 Å². The Morgan fingerprint density at radius 1 is 0.941 bits per heavy atom. The van der Waals surface area contributed by atoms with Crippen LogP contribution in [0.25, 0.3) is 16.8 Å². The standard InChI is InChI=1S/C25H17BrFN3O4/c26-17-3-7-19(8-4-17)28-13-22(16-1-5-18(27)6-2-16)23(14-28)25-29(24(31)15-34-25)20-9-11-21(12-10-20)30(32)33/h1-14,25H,15H2. The van der Waals surface area contributed by atoms with E-state index in [4.69, 9.17) is 4.74 Å². The summed E-state index contributed by atoms with van der Waals surface area (Å²) in [5, 5.41) is 11.0. The lowest BCUT2D eigenvalue weighted by Gasteiger charge is -2.23. The van der Waals surface area contributed by atoms with Crippen molar-refractivity contribution >= 4 is 33.2 Å². The van der Waals surface area contributed by atoms with Crippen LogP contribution in [0.1, 0.15) is 11.8 Å². The predicted molar refractivity (Wildman–Crippen MR) is 128 cm³/mol. The van der Waals surface area contributed by atoms with E-state index in [1.165, 1.54) is 41.3 Å². The van der Waals surface area contributed by atoms with Gasteiger partial charge in [-0.25, -0.2) is 4.39 Å². The van der Waals surface area contributed by atoms with Crippen LogP contribution < -0.4 is 4.90 Å². The first kappa shape index (κ1) is 22.0. The van der Waals surface area contributed by atoms with Crippen molar-refractivity contribution in [1.82, 2.24) is 4.57 Å². The van der Waals surface area contributed by atoms with Crippen LogP contribution in [0.4, 0.5) is 15.8 Å². The van der Waals surface area contributed by atoms with E-state index in [2.05, 4.69) is 15.9 Å². The Labute approximate surface area is 202 Å². The van der Waals surface area contributed by atoms with Crippen molar-refractivity contribution < 1.29 is 18.8 Å². The number of carbonyl (C=O) groups excluding carboxylic acids is 1. The number of hydrogen-bond acceptors (Lipinski definition) is 4. The lowest BCUT2D eigenvalue weighted by Crippen LogP contribution is -2.28. The van der Waals surface area contributed by atoms with E-state index < -0.39 is 11.2 Å². The molecule has 1 aliphatic rings. The van der Waals surface area contributed by atoms with Gasteiger partial charge >= 0.3 is 0 Å². The first-order valence-corrected chi connectivity index (χ1v) is 11.1. The number of aromatic nitrogens is 1. The highest BCUT2D eigenvalue weighted by Gasteiger charge is 2.37. The van der Waals surface area contributed by atoms with Gasteiger partial charge < -0.3 is 9.30 Å². The van der Waals surface area contributed by atoms with Gasteiger partial charge in [0.05, 0.1) is 4.92 Å². The monoisotopic (exact) mass is 521 g/mol. The fraction of sp³-hybridized carbons (Fsp3) is 0.0800. The zero-order valence-electron chi connectivity index (χ0n) is 17.6. The number of carbonyl (C=O) groups is 1. The molecule has 1 atom stereocenters. The fourth-order valence-electron chi connectivity index (χ4n) is 3.97. The Bertz CT molecular complexity index is 1370. The second kappa shape index (κ2) is 8.85. The largest absolute Gasteiger partial charge is 0.344 e. The van der Waals surface area contributed by atoms with Crippen molar-refractivity contribution in [3.8, 4) is 16.8 Å². The van der Waals surface area contributed by atoms with Crippen LogP contribution >= 0.6 is 15.9 Å². The molecule has 5 rings (SSSR count). The van der Waals surface area contributed by atoms with Gasteiger partial charge in [-0.15, -0.1) is 0 Å². The number of non-ortho nitro benzene ring substituents is 1. The summed E-state index contributed by atoms with van der Waals surface area (Å²) in [6.07, 6.45) is 3.03. The molecule has 0 N–H and O–H groups in total. The maximum Gasteiger partial charge on any atom is 0.269 e. The second-order valence-corrected chi connectivity index (χ2v) is 8.63. The van der Waals surface area contributed by atoms with Gasteiger partial charge in [-0.1, -0.05) is 28.1 Å². The minimum atomic E-state index is -0.759. The molecule has 1 aliphatic heterocycles. The Kier molecular flexibility index (Phi) is 5.72. The van der Waals surface area contributed by atoms with Crippen LogP contribution in [0, 0.1) is 15.9 Å². The van der Waals surface area contributed by atoms with Crippen molar-refractivity contribution in [3.63, 3.8) is 0 Å². The molecule has 4 aromatic rings. The topological polar surface area (TPSA) is 77.6 Å². The number of nitro groups is 1. The van der Waals surface area contributed by atoms with Crippen molar-refractivity contribution in [2.75, 3.05) is 11.5 Å². The van der Waals surface area contributed by atoms with Gasteiger partial charge in [-0.05, 0) is 54.1 Å². The van der Waals surface area contributed by atoms with Crippen molar-refractivity contribution in [1.29, 1.82) is 0 Å². The molecule has 0 radical (unpaired) electrons. The summed E-state index contributed by atoms with van der Waals surface area (Å²) in [5.41, 5.74) is 3.55. The van der Waals surface area contributed by atoms with Gasteiger partial charge in [-0.3, -0.25) is 19.8 Å². The SMILES string of the molecule is O=C1COC(c2cn(-c3ccc(Br)cc3)cc2-c2ccc(F)cc2)N1c1ccc([N+](=O)[O-])cc1. The number of benzene rings is 3. The summed E-state index contributed by atoms with van der Waals surface area (Å²) in [7, 11) is 0. The van der Waals surface area contributed by atoms with E-state index in [-0.39, 0.29) is 24.0 Å². The van der Waals surface area contributed by atoms with Crippen LogP contribution in [-0.4, -0.2) is 22.0 Å². The summed E-state index contributed by atoms with van der Waals surface area (Å²) in [5.74, 6) is -0.613. The lowest BCUT2D eigenvalue weighted by atomic mass is 10.0. The van der Waals surface area contributed by atoms with Crippen LogP contribution in [0.3, 0.4) is 0 Å². The third-order valence-corrected chi connectivity index (χ3v) is 6.14. The van der Waals surface area contributed by atoms with Gasteiger partial charge in [0.25, 0.3) is 11.6 Å². The molecule has 0 aliphatic carbocycles. The molecule has 3 aromatic carbocycles. The summed E-state index contributed by atoms with van der Waals surface area (Å²) in [6.45, 7) is -0.131. The van der Waals surface area contributed by atoms with E-state index in [1.54, 1.807) is 12.1 Å². The molecule has 170 valence electrons. The Morgan fingerprint density at radius 2 is 1.59 bits per heavy atom. The number of halogens is 2. The van der Waals surface area contributed by atoms with Gasteiger partial charge in [-0.2, -0.15) is 0 Å². The molecule has 34 heavy (non-hydrogen) atoms. The Hall–Kier alpha value is -3.82. The second-order valence-electron chi connectivity index (χ2n) is 7.72. The van der Waals surface area contributed by atoms with Crippen molar-refractivity contribution in [2.45, 2.75) is 6.23 Å². The number of nitro benzene ring substituents is 1. The highest BCUT2D eigenvalue weighted by molar-refractivity contribution is 9.10. The average Bonchev–Trinajstić information content (AvgIpc) is 3.44. The van der Waals surface area contributed by atoms with Crippen LogP contribution in [0.5, 0.6) is 0 Å². The highest BCUT2D eigenvalue weighted by Crippen LogP contribution is 2.39. The molecule has 2 heterocycles. The first-order valence-electron chi connectivity index (χ1n) is 10.3. The lowest BCUT2D eigenvalue weighted by molar-refractivity contribution is -0.384. The smallest absolute Gasteiger partial charge is 0.269 e. The molecule has 0 saturated carbocycles. The number of amides is 1. The molecule has 0 spiro atoms. The number of ether oxygens (including phenoxy) is 1. The van der Waals surface area contributed by atoms with E-state index >= 15 is 0 Å². The predicted octanol–water partition coefficient (Wildman–Crippen LogP) is 6.02. The van der Waals surface area contributed by atoms with Crippen molar-refractivity contribution in [2.24, 2.45) is 0 Å². The van der Waals surface area contributed by atoms with E-state index in [0.717, 1.165) is 21.3 Å². The highest BCUT2D eigenvalue weighted by atomic mass is 79.9. The van der Waals surface area contributed by atoms with E-state index in [9.17, 15) is 19.3 Å². The third kappa shape index (κ3) is 4.11. The summed E-state index contributed by atoms with van der Waals surface area (Å²) in [6, 6.07) is 19.6. The Morgan fingerprint density at radius 3 is 2.24 bits per heavy atom. The Balaban J connectivity index is 1.61. The number of hydrogen-bond donors (Lipinski definition) is 0. The normalized spacial score (nSPS) is 15.6. The number of anilines is 1. The van der Waals surface area contributed by atoms with Gasteiger partial charge in [0.2, 0.25) is 0 Å². The average molecular weight is 522 g/mol. The van der Waals surface area contributed by atoms with E-state index in [1.807, 2.05) is 41.2 Å². The summed E-state index contributed by atoms with van der Waals surface area (Å²) >= 11 is 3.44. The van der Waals surface area contributed by atoms with Gasteiger partial charge in [0, 0.05) is 51.5 Å². The fourth-order valence-corrected chi connectivity index (χ4v) is 4.23. The maximum absolute atomic E-state index is 13.6. The molecule has 1 saturated heterocycles. The summed E-state index contributed by atoms with van der Waals surface area (Å²) in [4.78, 5) is 24.8. The molecule has 9 heteroatoms. The van der Waals surface area contributed by atoms with Gasteiger partial charge in [0.15, 0.2) is 6.23 Å². The molecule has 1 fully saturated rings. The van der Waals surface area contributed by atoms with Crippen LogP contribution in [0.15, 0.2) is 89.7 Å². The first-order chi connectivity index (χ1) is 16.4.